The number of amides is 2. The van der Waals surface area contributed by atoms with Crippen LogP contribution in [0.5, 0.6) is 0 Å². The third-order valence-corrected chi connectivity index (χ3v) is 5.28. The highest BCUT2D eigenvalue weighted by Gasteiger charge is 2.67. The lowest BCUT2D eigenvalue weighted by Crippen LogP contribution is -2.63. The molecule has 5 nitrogen and oxygen atoms in total. The maximum atomic E-state index is 14.3. The van der Waals surface area contributed by atoms with E-state index < -0.39 is 23.7 Å². The molecule has 1 atom stereocenters. The number of rotatable bonds is 5. The van der Waals surface area contributed by atoms with E-state index in [0.29, 0.717) is 12.0 Å². The second kappa shape index (κ2) is 8.41. The quantitative estimate of drug-likeness (QED) is 0.727. The molecule has 8 heteroatoms. The van der Waals surface area contributed by atoms with Crippen LogP contribution >= 0.6 is 0 Å². The SMILES string of the molecule is CCCN1C(=O)[C@](NC(=O)c2ccc(C(C)(C)C)cc2)(C(F)(F)F)N=C1c1ccccc1. The first-order valence-corrected chi connectivity index (χ1v) is 10.4. The Hall–Kier alpha value is -3.16. The Bertz CT molecular complexity index is 1030. The van der Waals surface area contributed by atoms with Gasteiger partial charge in [-0.3, -0.25) is 14.5 Å². The Morgan fingerprint density at radius 2 is 1.62 bits per heavy atom. The molecule has 0 saturated heterocycles. The molecular weight excluding hydrogens is 419 g/mol. The average molecular weight is 445 g/mol. The number of halogens is 3. The lowest BCUT2D eigenvalue weighted by molar-refractivity contribution is -0.196. The van der Waals surface area contributed by atoms with Gasteiger partial charge in [-0.15, -0.1) is 0 Å². The summed E-state index contributed by atoms with van der Waals surface area (Å²) in [5.74, 6) is -2.45. The molecule has 0 unspecified atom stereocenters. The largest absolute Gasteiger partial charge is 0.442 e. The van der Waals surface area contributed by atoms with Crippen molar-refractivity contribution in [2.45, 2.75) is 51.4 Å². The second-order valence-corrected chi connectivity index (χ2v) is 8.75. The van der Waals surface area contributed by atoms with Gasteiger partial charge in [0, 0.05) is 17.7 Å². The summed E-state index contributed by atoms with van der Waals surface area (Å²) in [6.07, 6.45) is -4.71. The van der Waals surface area contributed by atoms with Crippen LogP contribution in [0.15, 0.2) is 59.6 Å². The summed E-state index contributed by atoms with van der Waals surface area (Å²) in [5.41, 5.74) is -2.26. The summed E-state index contributed by atoms with van der Waals surface area (Å²) < 4.78 is 42.9. The van der Waals surface area contributed by atoms with Crippen LogP contribution in [0.25, 0.3) is 0 Å². The maximum Gasteiger partial charge on any atom is 0.442 e. The molecule has 0 bridgehead atoms. The summed E-state index contributed by atoms with van der Waals surface area (Å²) in [5, 5.41) is 1.90. The molecule has 0 spiro atoms. The number of benzene rings is 2. The number of amidine groups is 1. The van der Waals surface area contributed by atoms with Crippen molar-refractivity contribution in [3.63, 3.8) is 0 Å². The van der Waals surface area contributed by atoms with E-state index in [1.807, 2.05) is 26.1 Å². The first-order chi connectivity index (χ1) is 14.9. The monoisotopic (exact) mass is 445 g/mol. The van der Waals surface area contributed by atoms with Crippen LogP contribution in [-0.2, 0) is 10.2 Å². The number of hydrogen-bond acceptors (Lipinski definition) is 3. The number of hydrogen-bond donors (Lipinski definition) is 1. The lowest BCUT2D eigenvalue weighted by atomic mass is 9.86. The topological polar surface area (TPSA) is 61.8 Å². The molecule has 0 fully saturated rings. The Labute approximate surface area is 185 Å². The van der Waals surface area contributed by atoms with Gasteiger partial charge in [-0.05, 0) is 29.5 Å². The second-order valence-electron chi connectivity index (χ2n) is 8.75. The van der Waals surface area contributed by atoms with Crippen LogP contribution in [0.1, 0.15) is 55.6 Å². The third kappa shape index (κ3) is 4.26. The van der Waals surface area contributed by atoms with Crippen molar-refractivity contribution in [1.82, 2.24) is 10.2 Å². The molecule has 170 valence electrons. The zero-order chi connectivity index (χ0) is 23.7. The van der Waals surface area contributed by atoms with Gasteiger partial charge in [0.15, 0.2) is 0 Å². The molecule has 0 saturated carbocycles. The van der Waals surface area contributed by atoms with Gasteiger partial charge in [0.2, 0.25) is 0 Å². The molecule has 2 aromatic carbocycles. The van der Waals surface area contributed by atoms with Crippen molar-refractivity contribution < 1.29 is 22.8 Å². The van der Waals surface area contributed by atoms with E-state index in [1.165, 1.54) is 12.1 Å². The van der Waals surface area contributed by atoms with E-state index >= 15 is 0 Å². The maximum absolute atomic E-state index is 14.3. The summed E-state index contributed by atoms with van der Waals surface area (Å²) in [4.78, 5) is 30.7. The number of nitrogens with zero attached hydrogens (tertiary/aromatic N) is 2. The molecule has 2 aromatic rings. The fraction of sp³-hybridized carbons (Fsp3) is 0.375. The van der Waals surface area contributed by atoms with Crippen LogP contribution in [0.3, 0.4) is 0 Å². The summed E-state index contributed by atoms with van der Waals surface area (Å²) in [6, 6.07) is 14.4. The molecule has 32 heavy (non-hydrogen) atoms. The smallest absolute Gasteiger partial charge is 0.312 e. The summed E-state index contributed by atoms with van der Waals surface area (Å²) >= 11 is 0. The van der Waals surface area contributed by atoms with E-state index in [2.05, 4.69) is 4.99 Å². The number of carbonyl (C=O) groups is 2. The predicted molar refractivity (Wildman–Crippen MR) is 116 cm³/mol. The highest BCUT2D eigenvalue weighted by molar-refractivity contribution is 6.16. The molecule has 1 aliphatic heterocycles. The minimum atomic E-state index is -5.13. The van der Waals surface area contributed by atoms with Crippen LogP contribution in [0, 0.1) is 0 Å². The van der Waals surface area contributed by atoms with Crippen molar-refractivity contribution in [3.05, 3.63) is 71.3 Å². The van der Waals surface area contributed by atoms with Gasteiger partial charge in [0.25, 0.3) is 11.8 Å². The van der Waals surface area contributed by atoms with Gasteiger partial charge in [0.1, 0.15) is 5.84 Å². The van der Waals surface area contributed by atoms with E-state index in [0.717, 1.165) is 10.5 Å². The predicted octanol–water partition coefficient (Wildman–Crippen LogP) is 4.67. The molecule has 1 aliphatic rings. The van der Waals surface area contributed by atoms with Gasteiger partial charge in [0.05, 0.1) is 0 Å². The van der Waals surface area contributed by atoms with E-state index in [9.17, 15) is 22.8 Å². The highest BCUT2D eigenvalue weighted by atomic mass is 19.4. The molecule has 1 N–H and O–H groups in total. The number of aliphatic imine (C=N–C) groups is 1. The zero-order valence-corrected chi connectivity index (χ0v) is 18.5. The van der Waals surface area contributed by atoms with Gasteiger partial charge in [-0.1, -0.05) is 70.2 Å². The standard InChI is InChI=1S/C24H26F3N3O2/c1-5-15-30-19(16-9-7-6-8-10-16)28-23(21(30)32,24(25,26)27)29-20(31)17-11-13-18(14-12-17)22(2,3)4/h6-14H,5,15H2,1-4H3,(H,29,31)/t23-/m0/s1. The first-order valence-electron chi connectivity index (χ1n) is 10.4. The molecule has 2 amide bonds. The Morgan fingerprint density at radius 1 is 1.03 bits per heavy atom. The zero-order valence-electron chi connectivity index (χ0n) is 18.5. The van der Waals surface area contributed by atoms with Gasteiger partial charge in [-0.2, -0.15) is 13.2 Å². The van der Waals surface area contributed by atoms with Crippen LogP contribution < -0.4 is 5.32 Å². The molecule has 3 rings (SSSR count). The molecule has 0 aromatic heterocycles. The molecule has 1 heterocycles. The lowest BCUT2D eigenvalue weighted by Gasteiger charge is -2.29. The van der Waals surface area contributed by atoms with Crippen LogP contribution in [0.4, 0.5) is 13.2 Å². The Kier molecular flexibility index (Phi) is 6.18. The number of carbonyl (C=O) groups excluding carboxylic acids is 2. The van der Waals surface area contributed by atoms with Crippen molar-refractivity contribution in [2.75, 3.05) is 6.54 Å². The van der Waals surface area contributed by atoms with Crippen molar-refractivity contribution in [2.24, 2.45) is 4.99 Å². The van der Waals surface area contributed by atoms with E-state index in [4.69, 9.17) is 0 Å². The number of nitrogens with one attached hydrogen (secondary N) is 1. The van der Waals surface area contributed by atoms with E-state index in [-0.39, 0.29) is 23.4 Å². The minimum Gasteiger partial charge on any atom is -0.312 e. The third-order valence-electron chi connectivity index (χ3n) is 5.28. The fourth-order valence-corrected chi connectivity index (χ4v) is 3.49. The Morgan fingerprint density at radius 3 is 2.12 bits per heavy atom. The minimum absolute atomic E-state index is 0.0137. The first kappa shape index (κ1) is 23.5. The van der Waals surface area contributed by atoms with E-state index in [1.54, 1.807) is 49.4 Å². The van der Waals surface area contributed by atoms with Crippen LogP contribution in [-0.4, -0.2) is 40.9 Å². The van der Waals surface area contributed by atoms with Crippen molar-refractivity contribution in [3.8, 4) is 0 Å². The fourth-order valence-electron chi connectivity index (χ4n) is 3.49. The van der Waals surface area contributed by atoms with Gasteiger partial charge < -0.3 is 5.32 Å². The van der Waals surface area contributed by atoms with Crippen molar-refractivity contribution >= 4 is 17.6 Å². The highest BCUT2D eigenvalue weighted by Crippen LogP contribution is 2.38. The van der Waals surface area contributed by atoms with Crippen molar-refractivity contribution in [1.29, 1.82) is 0 Å². The molecule has 0 aliphatic carbocycles. The normalized spacial score (nSPS) is 19.2. The van der Waals surface area contributed by atoms with Gasteiger partial charge in [-0.25, -0.2) is 4.99 Å². The summed E-state index contributed by atoms with van der Waals surface area (Å²) in [6.45, 7) is 7.75. The summed E-state index contributed by atoms with van der Waals surface area (Å²) in [7, 11) is 0. The van der Waals surface area contributed by atoms with Crippen LogP contribution in [0.2, 0.25) is 0 Å². The van der Waals surface area contributed by atoms with Gasteiger partial charge >= 0.3 is 11.8 Å². The Balaban J connectivity index is 2.03. The average Bonchev–Trinajstić information content (AvgIpc) is 3.01. The number of alkyl halides is 3. The molecule has 0 radical (unpaired) electrons. The molecular formula is C24H26F3N3O2.